The molecule has 0 aliphatic carbocycles. The van der Waals surface area contributed by atoms with Gasteiger partial charge in [0.25, 0.3) is 0 Å². The lowest BCUT2D eigenvalue weighted by Gasteiger charge is -2.26. The third-order valence-electron chi connectivity index (χ3n) is 2.67. The van der Waals surface area contributed by atoms with Gasteiger partial charge in [-0.15, -0.1) is 0 Å². The molecule has 0 aromatic heterocycles. The maximum atomic E-state index is 11.7. The average molecular weight is 214 g/mol. The van der Waals surface area contributed by atoms with E-state index in [9.17, 15) is 9.59 Å². The van der Waals surface area contributed by atoms with Crippen molar-refractivity contribution in [2.24, 2.45) is 0 Å². The van der Waals surface area contributed by atoms with Gasteiger partial charge in [0.2, 0.25) is 0 Å². The van der Waals surface area contributed by atoms with E-state index in [2.05, 4.69) is 0 Å². The third-order valence-corrected chi connectivity index (χ3v) is 2.67. The molecule has 15 heavy (non-hydrogen) atoms. The van der Waals surface area contributed by atoms with Gasteiger partial charge < -0.3 is 14.9 Å². The van der Waals surface area contributed by atoms with Crippen molar-refractivity contribution in [3.63, 3.8) is 0 Å². The first-order valence-corrected chi connectivity index (χ1v) is 5.18. The summed E-state index contributed by atoms with van der Waals surface area (Å²) < 4.78 is 0. The highest BCUT2D eigenvalue weighted by Crippen LogP contribution is 2.21. The van der Waals surface area contributed by atoms with Gasteiger partial charge in [0.1, 0.15) is 0 Å². The van der Waals surface area contributed by atoms with Gasteiger partial charge in [-0.25, -0.2) is 4.79 Å². The smallest absolute Gasteiger partial charge is 0.320 e. The zero-order valence-electron chi connectivity index (χ0n) is 9.43. The molecule has 1 unspecified atom stereocenters. The standard InChI is InChI=1S/C10H18N2O3/c1-7(2)12-8(4-5-9(13)14)6-11(3)10(12)15/h7-8H,4-6H2,1-3H3,(H,13,14). The monoisotopic (exact) mass is 214 g/mol. The number of hydrogen-bond acceptors (Lipinski definition) is 2. The van der Waals surface area contributed by atoms with Crippen molar-refractivity contribution in [2.45, 2.75) is 38.8 Å². The number of rotatable bonds is 4. The Morgan fingerprint density at radius 1 is 1.60 bits per heavy atom. The second-order valence-electron chi connectivity index (χ2n) is 4.25. The van der Waals surface area contributed by atoms with E-state index in [0.717, 1.165) is 0 Å². The largest absolute Gasteiger partial charge is 0.481 e. The molecule has 2 amide bonds. The van der Waals surface area contributed by atoms with Gasteiger partial charge in [0, 0.05) is 26.1 Å². The molecule has 1 rings (SSSR count). The zero-order valence-corrected chi connectivity index (χ0v) is 9.43. The van der Waals surface area contributed by atoms with E-state index in [-0.39, 0.29) is 24.5 Å². The maximum Gasteiger partial charge on any atom is 0.320 e. The number of amides is 2. The van der Waals surface area contributed by atoms with Gasteiger partial charge in [-0.1, -0.05) is 0 Å². The zero-order chi connectivity index (χ0) is 11.6. The number of nitrogens with zero attached hydrogens (tertiary/aromatic N) is 2. The topological polar surface area (TPSA) is 60.9 Å². The highest BCUT2D eigenvalue weighted by molar-refractivity contribution is 5.77. The molecule has 0 saturated carbocycles. The highest BCUT2D eigenvalue weighted by Gasteiger charge is 2.36. The van der Waals surface area contributed by atoms with Gasteiger partial charge in [0.15, 0.2) is 0 Å². The Labute approximate surface area is 89.7 Å². The summed E-state index contributed by atoms with van der Waals surface area (Å²) in [6, 6.07) is 0.167. The fourth-order valence-corrected chi connectivity index (χ4v) is 2.00. The fraction of sp³-hybridized carbons (Fsp3) is 0.800. The molecule has 1 N–H and O–H groups in total. The molecule has 1 atom stereocenters. The number of carboxylic acid groups (broad SMARTS) is 1. The number of aliphatic carboxylic acids is 1. The predicted molar refractivity (Wildman–Crippen MR) is 55.7 cm³/mol. The molecule has 5 nitrogen and oxygen atoms in total. The van der Waals surface area contributed by atoms with Crippen molar-refractivity contribution in [1.82, 2.24) is 9.80 Å². The van der Waals surface area contributed by atoms with Crippen LogP contribution in [0.15, 0.2) is 0 Å². The van der Waals surface area contributed by atoms with E-state index in [4.69, 9.17) is 5.11 Å². The van der Waals surface area contributed by atoms with Crippen LogP contribution in [0.4, 0.5) is 4.79 Å². The van der Waals surface area contributed by atoms with Crippen molar-refractivity contribution >= 4 is 12.0 Å². The van der Waals surface area contributed by atoms with Crippen LogP contribution < -0.4 is 0 Å². The summed E-state index contributed by atoms with van der Waals surface area (Å²) in [5, 5.41) is 8.61. The van der Waals surface area contributed by atoms with Gasteiger partial charge >= 0.3 is 12.0 Å². The van der Waals surface area contributed by atoms with Gasteiger partial charge in [-0.3, -0.25) is 4.79 Å². The minimum Gasteiger partial charge on any atom is -0.481 e. The van der Waals surface area contributed by atoms with Crippen molar-refractivity contribution in [3.05, 3.63) is 0 Å². The summed E-state index contributed by atoms with van der Waals surface area (Å²) in [7, 11) is 1.75. The maximum absolute atomic E-state index is 11.7. The Bertz CT molecular complexity index is 265. The number of hydrogen-bond donors (Lipinski definition) is 1. The van der Waals surface area contributed by atoms with E-state index in [1.165, 1.54) is 0 Å². The lowest BCUT2D eigenvalue weighted by molar-refractivity contribution is -0.137. The lowest BCUT2D eigenvalue weighted by atomic mass is 10.1. The van der Waals surface area contributed by atoms with Crippen LogP contribution in [0.3, 0.4) is 0 Å². The Hall–Kier alpha value is -1.26. The van der Waals surface area contributed by atoms with Crippen molar-refractivity contribution in [2.75, 3.05) is 13.6 Å². The van der Waals surface area contributed by atoms with Crippen LogP contribution in [0.1, 0.15) is 26.7 Å². The van der Waals surface area contributed by atoms with E-state index < -0.39 is 5.97 Å². The number of carboxylic acids is 1. The molecule has 86 valence electrons. The highest BCUT2D eigenvalue weighted by atomic mass is 16.4. The first-order chi connectivity index (χ1) is 6.93. The Morgan fingerprint density at radius 3 is 2.67 bits per heavy atom. The molecule has 1 saturated heterocycles. The Balaban J connectivity index is 2.63. The van der Waals surface area contributed by atoms with Crippen LogP contribution in [-0.2, 0) is 4.79 Å². The van der Waals surface area contributed by atoms with Crippen molar-refractivity contribution in [3.8, 4) is 0 Å². The van der Waals surface area contributed by atoms with Gasteiger partial charge in [-0.05, 0) is 20.3 Å². The second-order valence-corrected chi connectivity index (χ2v) is 4.25. The van der Waals surface area contributed by atoms with Crippen LogP contribution in [0, 0.1) is 0 Å². The first-order valence-electron chi connectivity index (χ1n) is 5.18. The molecule has 0 aromatic carbocycles. The number of likely N-dealkylation sites (N-methyl/N-ethyl adjacent to an activating group) is 1. The molecule has 1 heterocycles. The minimum absolute atomic E-state index is 0.000360. The Morgan fingerprint density at radius 2 is 2.20 bits per heavy atom. The summed E-state index contributed by atoms with van der Waals surface area (Å²) in [5.74, 6) is -0.805. The summed E-state index contributed by atoms with van der Waals surface area (Å²) in [6.07, 6.45) is 0.651. The van der Waals surface area contributed by atoms with E-state index in [0.29, 0.717) is 13.0 Å². The van der Waals surface area contributed by atoms with Crippen LogP contribution in [0.5, 0.6) is 0 Å². The second kappa shape index (κ2) is 4.51. The predicted octanol–water partition coefficient (Wildman–Crippen LogP) is 0.996. The molecular formula is C10H18N2O3. The Kier molecular flexibility index (Phi) is 3.55. The van der Waals surface area contributed by atoms with Crippen LogP contribution in [-0.4, -0.2) is 52.6 Å². The third kappa shape index (κ3) is 2.61. The van der Waals surface area contributed by atoms with Crippen molar-refractivity contribution in [1.29, 1.82) is 0 Å². The van der Waals surface area contributed by atoms with E-state index >= 15 is 0 Å². The van der Waals surface area contributed by atoms with Crippen molar-refractivity contribution < 1.29 is 14.7 Å². The first kappa shape index (κ1) is 11.8. The lowest BCUT2D eigenvalue weighted by Crippen LogP contribution is -2.40. The van der Waals surface area contributed by atoms with Gasteiger partial charge in [0.05, 0.1) is 6.04 Å². The molecule has 0 radical (unpaired) electrons. The van der Waals surface area contributed by atoms with Crippen LogP contribution in [0.2, 0.25) is 0 Å². The summed E-state index contributed by atoms with van der Waals surface area (Å²) in [4.78, 5) is 25.6. The van der Waals surface area contributed by atoms with Crippen LogP contribution in [0.25, 0.3) is 0 Å². The van der Waals surface area contributed by atoms with E-state index in [1.54, 1.807) is 16.8 Å². The van der Waals surface area contributed by atoms with E-state index in [1.807, 2.05) is 13.8 Å². The summed E-state index contributed by atoms with van der Waals surface area (Å²) in [6.45, 7) is 4.53. The average Bonchev–Trinajstić information content (AvgIpc) is 2.39. The fourth-order valence-electron chi connectivity index (χ4n) is 2.00. The quantitative estimate of drug-likeness (QED) is 0.759. The summed E-state index contributed by atoms with van der Waals surface area (Å²) >= 11 is 0. The molecule has 1 fully saturated rings. The molecule has 5 heteroatoms. The number of carbonyl (C=O) groups excluding carboxylic acids is 1. The minimum atomic E-state index is -0.805. The molecule has 1 aliphatic heterocycles. The van der Waals surface area contributed by atoms with Crippen LogP contribution >= 0.6 is 0 Å². The molecule has 0 aromatic rings. The number of urea groups is 1. The molecule has 1 aliphatic rings. The molecule has 0 spiro atoms. The molecule has 0 bridgehead atoms. The SMILES string of the molecule is CC(C)N1C(=O)N(C)CC1CCC(=O)O. The molecular weight excluding hydrogens is 196 g/mol. The normalized spacial score (nSPS) is 21.6. The number of carbonyl (C=O) groups is 2. The van der Waals surface area contributed by atoms with Gasteiger partial charge in [-0.2, -0.15) is 0 Å². The summed E-state index contributed by atoms with van der Waals surface area (Å²) in [5.41, 5.74) is 0.